The van der Waals surface area contributed by atoms with Gasteiger partial charge in [-0.05, 0) is 82.9 Å². The van der Waals surface area contributed by atoms with E-state index in [0.717, 1.165) is 60.6 Å². The standard InChI is InChI=1S/C67H35N3O2/c1-2-17-39-35(13-1)47-29-49-40-18-9-20-42-51-32-57-52(31-56(51)69(64(40)42)58(49)33-53(47)63(39)46-24-11-22-44-37-15-4-7-27-61(37)71-66(44)46)43-21-10-19-41-50-30-48-36-14-3-6-25-54(36)68(59(48)34-60(50)70(57)65(41)43)55-26-12-23-45-38-16-5-8-28-62(38)72-67(45)55/h1-34,63H. The van der Waals surface area contributed by atoms with Gasteiger partial charge in [0.25, 0.3) is 0 Å². The Morgan fingerprint density at radius 2 is 0.764 bits per heavy atom. The van der Waals surface area contributed by atoms with Gasteiger partial charge in [-0.15, -0.1) is 0 Å². The molecule has 0 fully saturated rings. The number of para-hydroxylation sites is 7. The predicted molar refractivity (Wildman–Crippen MR) is 297 cm³/mol. The van der Waals surface area contributed by atoms with Crippen LogP contribution < -0.4 is 0 Å². The van der Waals surface area contributed by atoms with Crippen molar-refractivity contribution in [3.8, 4) is 16.8 Å². The van der Waals surface area contributed by atoms with E-state index in [1.54, 1.807) is 0 Å². The lowest BCUT2D eigenvalue weighted by molar-refractivity contribution is 0.661. The average Bonchev–Trinajstić information content (AvgIpc) is 4.32. The summed E-state index contributed by atoms with van der Waals surface area (Å²) in [6.07, 6.45) is 0. The van der Waals surface area contributed by atoms with Crippen LogP contribution in [0.15, 0.2) is 215 Å². The van der Waals surface area contributed by atoms with Crippen LogP contribution in [0.1, 0.15) is 22.6 Å². The highest BCUT2D eigenvalue weighted by Crippen LogP contribution is 2.54. The van der Waals surface area contributed by atoms with Crippen LogP contribution in [0.2, 0.25) is 0 Å². The molecule has 0 saturated carbocycles. The Balaban J connectivity index is 0.894. The molecular formula is C67H35N3O2. The maximum Gasteiger partial charge on any atom is 0.159 e. The summed E-state index contributed by atoms with van der Waals surface area (Å²) in [5, 5.41) is 17.2. The number of rotatable bonds is 2. The lowest BCUT2D eigenvalue weighted by Gasteiger charge is -2.15. The van der Waals surface area contributed by atoms with Gasteiger partial charge in [-0.25, -0.2) is 0 Å². The molecule has 5 nitrogen and oxygen atoms in total. The fourth-order valence-corrected chi connectivity index (χ4v) is 14.1. The first-order chi connectivity index (χ1) is 35.7. The van der Waals surface area contributed by atoms with Gasteiger partial charge in [0.05, 0.1) is 49.8 Å². The normalized spacial score (nSPS) is 14.2. The van der Waals surface area contributed by atoms with E-state index < -0.39 is 0 Å². The summed E-state index contributed by atoms with van der Waals surface area (Å²) in [4.78, 5) is 0. The average molecular weight is 914 g/mol. The minimum atomic E-state index is 0.0182. The second-order valence-corrected chi connectivity index (χ2v) is 20.3. The van der Waals surface area contributed by atoms with Crippen molar-refractivity contribution in [2.75, 3.05) is 0 Å². The molecule has 0 spiro atoms. The maximum atomic E-state index is 6.75. The Labute approximate surface area is 407 Å². The van der Waals surface area contributed by atoms with E-state index in [4.69, 9.17) is 8.83 Å². The molecule has 7 aromatic heterocycles. The molecule has 0 radical (unpaired) electrons. The van der Waals surface area contributed by atoms with Gasteiger partial charge in [0.15, 0.2) is 5.58 Å². The van der Waals surface area contributed by atoms with Crippen LogP contribution in [0.3, 0.4) is 0 Å². The number of benzene rings is 11. The molecule has 1 unspecified atom stereocenters. The van der Waals surface area contributed by atoms with Crippen molar-refractivity contribution in [3.63, 3.8) is 0 Å². The van der Waals surface area contributed by atoms with Gasteiger partial charge in [0.2, 0.25) is 0 Å². The molecule has 11 aromatic carbocycles. The zero-order valence-corrected chi connectivity index (χ0v) is 38.4. The number of fused-ring (bicyclic) bond motifs is 24. The molecule has 19 rings (SSSR count). The summed E-state index contributed by atoms with van der Waals surface area (Å²) < 4.78 is 21.0. The third kappa shape index (κ3) is 4.16. The Morgan fingerprint density at radius 1 is 0.278 bits per heavy atom. The number of aromatic nitrogens is 3. The molecule has 7 heterocycles. The van der Waals surface area contributed by atoms with Crippen molar-refractivity contribution in [2.24, 2.45) is 0 Å². The second-order valence-electron chi connectivity index (χ2n) is 20.3. The Kier molecular flexibility index (Phi) is 6.28. The Bertz CT molecular complexity index is 5480. The van der Waals surface area contributed by atoms with Gasteiger partial charge < -0.3 is 22.2 Å². The molecule has 0 amide bonds. The topological polar surface area (TPSA) is 40.0 Å². The summed E-state index contributed by atoms with van der Waals surface area (Å²) >= 11 is 0. The zero-order valence-electron chi connectivity index (χ0n) is 38.4. The van der Waals surface area contributed by atoms with Crippen LogP contribution in [-0.2, 0) is 0 Å². The fraction of sp³-hybridized carbons (Fsp3) is 0.0149. The monoisotopic (exact) mass is 913 g/mol. The van der Waals surface area contributed by atoms with Crippen LogP contribution in [0.25, 0.3) is 159 Å². The van der Waals surface area contributed by atoms with E-state index in [-0.39, 0.29) is 5.92 Å². The first kappa shape index (κ1) is 36.4. The second kappa shape index (κ2) is 12.4. The van der Waals surface area contributed by atoms with Crippen molar-refractivity contribution in [1.82, 2.24) is 13.4 Å². The van der Waals surface area contributed by atoms with E-state index in [9.17, 15) is 0 Å². The molecule has 1 aliphatic carbocycles. The molecule has 0 bridgehead atoms. The minimum absolute atomic E-state index is 0.0182. The number of hydrogen-bond acceptors (Lipinski definition) is 2. The van der Waals surface area contributed by atoms with Crippen LogP contribution >= 0.6 is 0 Å². The van der Waals surface area contributed by atoms with E-state index in [1.165, 1.54) is 115 Å². The number of nitrogens with zero attached hydrogens (tertiary/aromatic N) is 3. The highest BCUT2D eigenvalue weighted by molar-refractivity contribution is 6.30. The summed E-state index contributed by atoms with van der Waals surface area (Å²) in [7, 11) is 0. The van der Waals surface area contributed by atoms with Gasteiger partial charge in [-0.2, -0.15) is 0 Å². The number of hydrogen-bond donors (Lipinski definition) is 0. The number of furan rings is 2. The minimum Gasteiger partial charge on any atom is -0.456 e. The summed E-state index contributed by atoms with van der Waals surface area (Å²) in [5.74, 6) is 0.0182. The largest absolute Gasteiger partial charge is 0.456 e. The highest BCUT2D eigenvalue weighted by Gasteiger charge is 2.34. The fourth-order valence-electron chi connectivity index (χ4n) is 14.1. The van der Waals surface area contributed by atoms with Gasteiger partial charge in [-0.1, -0.05) is 146 Å². The Morgan fingerprint density at radius 3 is 1.49 bits per heavy atom. The third-order valence-corrected chi connectivity index (χ3v) is 17.0. The van der Waals surface area contributed by atoms with Gasteiger partial charge >= 0.3 is 0 Å². The highest BCUT2D eigenvalue weighted by atomic mass is 16.3. The summed E-state index contributed by atoms with van der Waals surface area (Å²) in [5.41, 5.74) is 20.9. The molecule has 5 heteroatoms. The van der Waals surface area contributed by atoms with Crippen LogP contribution in [0, 0.1) is 0 Å². The van der Waals surface area contributed by atoms with Crippen molar-refractivity contribution in [3.05, 3.63) is 223 Å². The van der Waals surface area contributed by atoms with E-state index in [1.807, 2.05) is 0 Å². The quantitative estimate of drug-likeness (QED) is 0.173. The molecule has 72 heavy (non-hydrogen) atoms. The van der Waals surface area contributed by atoms with E-state index >= 15 is 0 Å². The van der Waals surface area contributed by atoms with Crippen molar-refractivity contribution < 1.29 is 8.83 Å². The molecule has 1 aliphatic rings. The molecule has 0 aliphatic heterocycles. The van der Waals surface area contributed by atoms with Crippen molar-refractivity contribution in [2.45, 2.75) is 5.92 Å². The molecular weight excluding hydrogens is 879 g/mol. The predicted octanol–water partition coefficient (Wildman–Crippen LogP) is 18.0. The molecule has 1 atom stereocenters. The van der Waals surface area contributed by atoms with Crippen LogP contribution in [0.5, 0.6) is 0 Å². The Hall–Kier alpha value is -9.58. The third-order valence-electron chi connectivity index (χ3n) is 17.0. The maximum absolute atomic E-state index is 6.75. The van der Waals surface area contributed by atoms with Crippen LogP contribution in [-0.4, -0.2) is 13.4 Å². The van der Waals surface area contributed by atoms with Gasteiger partial charge in [0, 0.05) is 86.9 Å². The lowest BCUT2D eigenvalue weighted by atomic mass is 9.88. The first-order valence-corrected chi connectivity index (χ1v) is 24.9. The molecule has 18 aromatic rings. The molecule has 330 valence electrons. The summed E-state index contributed by atoms with van der Waals surface area (Å²) in [6.45, 7) is 0. The molecule has 0 saturated heterocycles. The van der Waals surface area contributed by atoms with Crippen molar-refractivity contribution >= 4 is 142 Å². The first-order valence-electron chi connectivity index (χ1n) is 24.9. The molecule has 0 N–H and O–H groups in total. The lowest BCUT2D eigenvalue weighted by Crippen LogP contribution is -2.00. The van der Waals surface area contributed by atoms with Crippen molar-refractivity contribution in [1.29, 1.82) is 0 Å². The summed E-state index contributed by atoms with van der Waals surface area (Å²) in [6, 6.07) is 76.5. The van der Waals surface area contributed by atoms with Gasteiger partial charge in [0.1, 0.15) is 16.7 Å². The van der Waals surface area contributed by atoms with E-state index in [0.29, 0.717) is 0 Å². The van der Waals surface area contributed by atoms with Crippen LogP contribution in [0.4, 0.5) is 0 Å². The zero-order chi connectivity index (χ0) is 46.2. The smallest absolute Gasteiger partial charge is 0.159 e. The van der Waals surface area contributed by atoms with Gasteiger partial charge in [-0.3, -0.25) is 0 Å². The van der Waals surface area contributed by atoms with E-state index in [2.05, 4.69) is 220 Å². The SMILES string of the molecule is c1ccc2c(c1)-c1cc3c4cccc5c6cc7c(cc6n(c3cc1C2c1cccc2c1oc1ccccc12)c45)c1cccc2c3cc4c5ccccc5n(-c5cccc6c5oc5ccccc56)c4cc3n7c12.